The van der Waals surface area contributed by atoms with Crippen molar-refractivity contribution in [3.05, 3.63) is 64.4 Å². The molecule has 25 heavy (non-hydrogen) atoms. The SMILES string of the molecule is C1=c2ccc3c(ccc4c([C]5CCCCCC5)cccc43)c2=CCC1. The van der Waals surface area contributed by atoms with Crippen LogP contribution in [0.3, 0.4) is 0 Å². The van der Waals surface area contributed by atoms with Crippen LogP contribution in [0.25, 0.3) is 33.7 Å². The maximum atomic E-state index is 2.42. The largest absolute Gasteiger partial charge is 0.0763 e. The summed E-state index contributed by atoms with van der Waals surface area (Å²) in [5.74, 6) is 1.68. The van der Waals surface area contributed by atoms with E-state index in [0.29, 0.717) is 0 Å². The van der Waals surface area contributed by atoms with Gasteiger partial charge in [0.15, 0.2) is 0 Å². The second kappa shape index (κ2) is 6.33. The molecule has 2 aliphatic carbocycles. The summed E-state index contributed by atoms with van der Waals surface area (Å²) in [5, 5.41) is 8.56. The van der Waals surface area contributed by atoms with Gasteiger partial charge in [-0.15, -0.1) is 0 Å². The van der Waals surface area contributed by atoms with E-state index < -0.39 is 0 Å². The van der Waals surface area contributed by atoms with E-state index in [9.17, 15) is 0 Å². The second-order valence-electron chi connectivity index (χ2n) is 7.63. The summed E-state index contributed by atoms with van der Waals surface area (Å²) in [6.07, 6.45) is 15.2. The van der Waals surface area contributed by atoms with Crippen molar-refractivity contribution in [3.63, 3.8) is 0 Å². The zero-order valence-corrected chi connectivity index (χ0v) is 14.9. The minimum Gasteiger partial charge on any atom is -0.0763 e. The zero-order valence-electron chi connectivity index (χ0n) is 14.9. The molecule has 1 radical (unpaired) electrons. The van der Waals surface area contributed by atoms with Crippen LogP contribution in [-0.4, -0.2) is 0 Å². The lowest BCUT2D eigenvalue weighted by atomic mass is 9.86. The summed E-state index contributed by atoms with van der Waals surface area (Å²) in [4.78, 5) is 0. The van der Waals surface area contributed by atoms with Gasteiger partial charge in [-0.1, -0.05) is 80.3 Å². The van der Waals surface area contributed by atoms with Gasteiger partial charge in [-0.05, 0) is 63.2 Å². The van der Waals surface area contributed by atoms with Crippen LogP contribution >= 0.6 is 0 Å². The smallest absolute Gasteiger partial charge is 0.00562 e. The number of fused-ring (bicyclic) bond motifs is 5. The molecule has 0 saturated heterocycles. The Morgan fingerprint density at radius 3 is 2.16 bits per heavy atom. The van der Waals surface area contributed by atoms with Crippen molar-refractivity contribution in [2.75, 3.05) is 0 Å². The molecule has 1 fully saturated rings. The van der Waals surface area contributed by atoms with Crippen LogP contribution in [0.1, 0.15) is 56.9 Å². The Morgan fingerprint density at radius 2 is 1.28 bits per heavy atom. The van der Waals surface area contributed by atoms with Gasteiger partial charge in [0.25, 0.3) is 0 Å². The molecule has 0 N–H and O–H groups in total. The van der Waals surface area contributed by atoms with E-state index in [2.05, 4.69) is 54.6 Å². The van der Waals surface area contributed by atoms with Crippen LogP contribution in [0.15, 0.2) is 42.5 Å². The maximum Gasteiger partial charge on any atom is 0.00562 e. The van der Waals surface area contributed by atoms with Gasteiger partial charge in [0.2, 0.25) is 0 Å². The van der Waals surface area contributed by atoms with Gasteiger partial charge in [-0.2, -0.15) is 0 Å². The predicted molar refractivity (Wildman–Crippen MR) is 109 cm³/mol. The van der Waals surface area contributed by atoms with Crippen LogP contribution < -0.4 is 10.4 Å². The molecule has 125 valence electrons. The first-order chi connectivity index (χ1) is 12.4. The highest BCUT2D eigenvalue weighted by molar-refractivity contribution is 6.09. The molecule has 1 saturated carbocycles. The third kappa shape index (κ3) is 2.59. The van der Waals surface area contributed by atoms with Gasteiger partial charge in [-0.25, -0.2) is 0 Å². The Morgan fingerprint density at radius 1 is 0.560 bits per heavy atom. The van der Waals surface area contributed by atoms with Crippen molar-refractivity contribution in [3.8, 4) is 0 Å². The highest BCUT2D eigenvalue weighted by Crippen LogP contribution is 2.36. The summed E-state index contributed by atoms with van der Waals surface area (Å²) in [5.41, 5.74) is 1.51. The molecule has 0 bridgehead atoms. The minimum atomic E-state index is 1.17. The van der Waals surface area contributed by atoms with E-state index in [4.69, 9.17) is 0 Å². The topological polar surface area (TPSA) is 0 Å². The van der Waals surface area contributed by atoms with Gasteiger partial charge < -0.3 is 0 Å². The number of benzene rings is 3. The molecular formula is C25H25. The first-order valence-corrected chi connectivity index (χ1v) is 9.92. The fourth-order valence-electron chi connectivity index (χ4n) is 4.82. The van der Waals surface area contributed by atoms with Crippen molar-refractivity contribution >= 4 is 33.7 Å². The molecule has 0 aliphatic heterocycles. The van der Waals surface area contributed by atoms with Crippen molar-refractivity contribution in [2.45, 2.75) is 51.4 Å². The van der Waals surface area contributed by atoms with Crippen molar-refractivity contribution in [1.82, 2.24) is 0 Å². The fourth-order valence-corrected chi connectivity index (χ4v) is 4.82. The summed E-state index contributed by atoms with van der Waals surface area (Å²) >= 11 is 0. The lowest BCUT2D eigenvalue weighted by molar-refractivity contribution is 0.702. The summed E-state index contributed by atoms with van der Waals surface area (Å²) in [6.45, 7) is 0. The Hall–Kier alpha value is -2.08. The Labute approximate surface area is 149 Å². The normalized spacial score (nSPS) is 18.4. The first kappa shape index (κ1) is 15.2. The highest BCUT2D eigenvalue weighted by Gasteiger charge is 2.17. The van der Waals surface area contributed by atoms with Crippen LogP contribution in [0.5, 0.6) is 0 Å². The monoisotopic (exact) mass is 325 g/mol. The average Bonchev–Trinajstić information content (AvgIpc) is 2.96. The van der Waals surface area contributed by atoms with Crippen molar-refractivity contribution in [2.24, 2.45) is 0 Å². The maximum absolute atomic E-state index is 2.42. The Bertz CT molecular complexity index is 1050. The van der Waals surface area contributed by atoms with E-state index in [1.165, 1.54) is 88.9 Å². The zero-order chi connectivity index (χ0) is 16.6. The quantitative estimate of drug-likeness (QED) is 0.402. The van der Waals surface area contributed by atoms with Crippen LogP contribution in [0.4, 0.5) is 0 Å². The van der Waals surface area contributed by atoms with Gasteiger partial charge in [0.1, 0.15) is 0 Å². The lowest BCUT2D eigenvalue weighted by Gasteiger charge is -2.17. The minimum absolute atomic E-state index is 1.17. The molecular weight excluding hydrogens is 300 g/mol. The summed E-state index contributed by atoms with van der Waals surface area (Å²) in [7, 11) is 0. The van der Waals surface area contributed by atoms with Gasteiger partial charge in [0.05, 0.1) is 0 Å². The molecule has 0 nitrogen and oxygen atoms in total. The molecule has 0 unspecified atom stereocenters. The van der Waals surface area contributed by atoms with E-state index in [0.717, 1.165) is 0 Å². The Kier molecular flexibility index (Phi) is 3.85. The van der Waals surface area contributed by atoms with Gasteiger partial charge in [-0.3, -0.25) is 0 Å². The van der Waals surface area contributed by atoms with Crippen LogP contribution in [0, 0.1) is 5.92 Å². The molecule has 3 aromatic carbocycles. The molecule has 0 spiro atoms. The second-order valence-corrected chi connectivity index (χ2v) is 7.63. The molecule has 3 aromatic rings. The van der Waals surface area contributed by atoms with Gasteiger partial charge >= 0.3 is 0 Å². The lowest BCUT2D eigenvalue weighted by Crippen LogP contribution is -2.27. The molecule has 0 aromatic heterocycles. The summed E-state index contributed by atoms with van der Waals surface area (Å²) in [6, 6.07) is 16.3. The summed E-state index contributed by atoms with van der Waals surface area (Å²) < 4.78 is 0. The van der Waals surface area contributed by atoms with E-state index in [1.54, 1.807) is 5.92 Å². The van der Waals surface area contributed by atoms with Gasteiger partial charge in [0, 0.05) is 5.92 Å². The van der Waals surface area contributed by atoms with Crippen molar-refractivity contribution in [1.29, 1.82) is 0 Å². The Balaban J connectivity index is 1.76. The van der Waals surface area contributed by atoms with Crippen LogP contribution in [0.2, 0.25) is 0 Å². The van der Waals surface area contributed by atoms with E-state index >= 15 is 0 Å². The number of hydrogen-bond donors (Lipinski definition) is 0. The molecule has 0 amide bonds. The van der Waals surface area contributed by atoms with Crippen LogP contribution in [-0.2, 0) is 0 Å². The standard InChI is InChI=1S/C25H25/c1-2-4-9-18(8-3-1)21-12-7-13-22-23(21)16-17-24-20-11-6-5-10-19(20)14-15-25(22)24/h7,10-17H,1-6,8-9H2. The third-order valence-electron chi connectivity index (χ3n) is 6.10. The molecule has 0 heteroatoms. The first-order valence-electron chi connectivity index (χ1n) is 9.92. The molecule has 0 atom stereocenters. The number of rotatable bonds is 1. The van der Waals surface area contributed by atoms with E-state index in [1.807, 2.05) is 0 Å². The average molecular weight is 325 g/mol. The van der Waals surface area contributed by atoms with Crippen molar-refractivity contribution < 1.29 is 0 Å². The third-order valence-corrected chi connectivity index (χ3v) is 6.10. The molecule has 5 rings (SSSR count). The highest BCUT2D eigenvalue weighted by atomic mass is 14.2. The predicted octanol–water partition coefficient (Wildman–Crippen LogP) is 5.62. The number of hydrogen-bond acceptors (Lipinski definition) is 0. The molecule has 0 heterocycles. The fraction of sp³-hybridized carbons (Fsp3) is 0.320. The van der Waals surface area contributed by atoms with E-state index in [-0.39, 0.29) is 0 Å². The molecule has 2 aliphatic rings.